The van der Waals surface area contributed by atoms with Crippen LogP contribution >= 0.6 is 39.1 Å². The number of rotatable bonds is 2. The highest BCUT2D eigenvalue weighted by Crippen LogP contribution is 2.65. The van der Waals surface area contributed by atoms with Gasteiger partial charge in [-0.3, -0.25) is 29.4 Å². The molecule has 33 heavy (non-hydrogen) atoms. The van der Waals surface area contributed by atoms with Crippen molar-refractivity contribution in [2.24, 2.45) is 17.8 Å². The lowest BCUT2D eigenvalue weighted by Crippen LogP contribution is -2.60. The zero-order chi connectivity index (χ0) is 24.0. The lowest BCUT2D eigenvalue weighted by molar-refractivity contribution is -0.138. The number of allylic oxidation sites excluding steroid dienone is 2. The summed E-state index contributed by atoms with van der Waals surface area (Å²) in [6, 6.07) is 3.13. The van der Waals surface area contributed by atoms with Crippen LogP contribution in [0.3, 0.4) is 0 Å². The monoisotopic (exact) mass is 556 g/mol. The van der Waals surface area contributed by atoms with Gasteiger partial charge in [-0.05, 0) is 52.4 Å². The van der Waals surface area contributed by atoms with Crippen LogP contribution in [-0.2, 0) is 19.2 Å². The number of imide groups is 2. The summed E-state index contributed by atoms with van der Waals surface area (Å²) in [7, 11) is 2.71. The van der Waals surface area contributed by atoms with Crippen LogP contribution in [0.15, 0.2) is 28.3 Å². The molecule has 3 fully saturated rings. The summed E-state index contributed by atoms with van der Waals surface area (Å²) >= 11 is 17.4. The minimum Gasteiger partial charge on any atom is -0.503 e. The van der Waals surface area contributed by atoms with Crippen molar-refractivity contribution in [3.8, 4) is 11.5 Å². The SMILES string of the molecule is COc1cc(C2C3=CCC4C(=O)NC(=O)C4C3CC3(Cl)C(=O)N(C)C(=O)C23Cl)cc(Br)c1O. The Bertz CT molecular complexity index is 1190. The second kappa shape index (κ2) is 7.20. The number of halogens is 3. The number of benzene rings is 1. The summed E-state index contributed by atoms with van der Waals surface area (Å²) in [4.78, 5) is 49.0. The van der Waals surface area contributed by atoms with Crippen molar-refractivity contribution >= 4 is 62.8 Å². The fraction of sp³-hybridized carbons (Fsp3) is 0.455. The van der Waals surface area contributed by atoms with Gasteiger partial charge in [0.1, 0.15) is 0 Å². The first-order valence-electron chi connectivity index (χ1n) is 10.3. The molecular weight excluding hydrogens is 539 g/mol. The van der Waals surface area contributed by atoms with E-state index in [1.165, 1.54) is 20.2 Å². The van der Waals surface area contributed by atoms with Crippen molar-refractivity contribution in [3.63, 3.8) is 0 Å². The van der Waals surface area contributed by atoms with E-state index in [1.54, 1.807) is 6.07 Å². The Hall–Kier alpha value is -2.10. The normalized spacial score (nSPS) is 37.4. The number of carbonyl (C=O) groups is 4. The van der Waals surface area contributed by atoms with Crippen LogP contribution in [0.1, 0.15) is 24.3 Å². The van der Waals surface area contributed by atoms with Crippen molar-refractivity contribution in [3.05, 3.63) is 33.8 Å². The number of methoxy groups -OCH3 is 1. The molecule has 4 amide bonds. The zero-order valence-electron chi connectivity index (χ0n) is 17.5. The lowest BCUT2D eigenvalue weighted by atomic mass is 9.56. The Morgan fingerprint density at radius 2 is 1.85 bits per heavy atom. The van der Waals surface area contributed by atoms with E-state index in [0.717, 1.165) is 4.90 Å². The molecular formula is C22H19BrCl2N2O6. The molecule has 2 heterocycles. The minimum absolute atomic E-state index is 0.0619. The molecule has 0 spiro atoms. The average Bonchev–Trinajstić information content (AvgIpc) is 3.13. The predicted molar refractivity (Wildman–Crippen MR) is 121 cm³/mol. The molecule has 1 aromatic carbocycles. The minimum atomic E-state index is -1.88. The molecule has 0 radical (unpaired) electrons. The maximum absolute atomic E-state index is 13.4. The first-order valence-corrected chi connectivity index (χ1v) is 11.8. The first-order chi connectivity index (χ1) is 15.5. The Morgan fingerprint density at radius 1 is 1.15 bits per heavy atom. The highest BCUT2D eigenvalue weighted by molar-refractivity contribution is 9.10. The molecule has 174 valence electrons. The number of nitrogens with one attached hydrogen (secondary N) is 1. The quantitative estimate of drug-likeness (QED) is 0.328. The molecule has 8 nitrogen and oxygen atoms in total. The predicted octanol–water partition coefficient (Wildman–Crippen LogP) is 2.44. The van der Waals surface area contributed by atoms with Crippen LogP contribution < -0.4 is 10.1 Å². The molecule has 1 saturated carbocycles. The largest absolute Gasteiger partial charge is 0.503 e. The molecule has 2 aliphatic heterocycles. The molecule has 2 aliphatic carbocycles. The number of fused-ring (bicyclic) bond motifs is 4. The maximum Gasteiger partial charge on any atom is 0.253 e. The molecule has 5 rings (SSSR count). The number of amides is 4. The molecule has 2 N–H and O–H groups in total. The summed E-state index contributed by atoms with van der Waals surface area (Å²) in [6.45, 7) is 0. The number of carbonyl (C=O) groups excluding carboxylic acids is 4. The molecule has 6 atom stereocenters. The summed E-state index contributed by atoms with van der Waals surface area (Å²) < 4.78 is 5.58. The van der Waals surface area contributed by atoms with Crippen molar-refractivity contribution < 1.29 is 29.0 Å². The number of hydrogen-bond acceptors (Lipinski definition) is 6. The number of hydrogen-bond donors (Lipinski definition) is 2. The lowest BCUT2D eigenvalue weighted by Gasteiger charge is -2.50. The number of aromatic hydroxyl groups is 1. The van der Waals surface area contributed by atoms with Gasteiger partial charge in [-0.15, -0.1) is 23.2 Å². The van der Waals surface area contributed by atoms with Gasteiger partial charge in [0.05, 0.1) is 23.4 Å². The van der Waals surface area contributed by atoms with Crippen molar-refractivity contribution in [1.29, 1.82) is 0 Å². The van der Waals surface area contributed by atoms with Gasteiger partial charge in [0.25, 0.3) is 11.8 Å². The van der Waals surface area contributed by atoms with Gasteiger partial charge in [-0.2, -0.15) is 0 Å². The van der Waals surface area contributed by atoms with Gasteiger partial charge in [-0.25, -0.2) is 0 Å². The van der Waals surface area contributed by atoms with Crippen molar-refractivity contribution in [1.82, 2.24) is 10.2 Å². The summed E-state index contributed by atoms with van der Waals surface area (Å²) in [5.74, 6) is -4.85. The second-order valence-corrected chi connectivity index (χ2v) is 11.0. The average molecular weight is 558 g/mol. The van der Waals surface area contributed by atoms with Crippen LogP contribution in [0.4, 0.5) is 0 Å². The number of phenols is 1. The molecule has 0 aromatic heterocycles. The fourth-order valence-corrected chi connectivity index (χ4v) is 7.42. The van der Waals surface area contributed by atoms with Gasteiger partial charge < -0.3 is 9.84 Å². The van der Waals surface area contributed by atoms with Gasteiger partial charge in [0.15, 0.2) is 21.2 Å². The van der Waals surface area contributed by atoms with Gasteiger partial charge in [0, 0.05) is 13.0 Å². The summed E-state index contributed by atoms with van der Waals surface area (Å²) in [5, 5.41) is 12.7. The van der Waals surface area contributed by atoms with E-state index in [4.69, 9.17) is 27.9 Å². The van der Waals surface area contributed by atoms with E-state index >= 15 is 0 Å². The summed E-state index contributed by atoms with van der Waals surface area (Å²) in [5.41, 5.74) is 1.15. The van der Waals surface area contributed by atoms with Crippen molar-refractivity contribution in [2.75, 3.05) is 14.2 Å². The Kier molecular flexibility index (Phi) is 4.95. The third-order valence-electron chi connectivity index (χ3n) is 7.46. The molecule has 4 aliphatic rings. The molecule has 6 unspecified atom stereocenters. The van der Waals surface area contributed by atoms with E-state index in [0.29, 0.717) is 22.0 Å². The van der Waals surface area contributed by atoms with E-state index < -0.39 is 51.1 Å². The van der Waals surface area contributed by atoms with Crippen LogP contribution in [0.2, 0.25) is 0 Å². The maximum atomic E-state index is 13.4. The van der Waals surface area contributed by atoms with E-state index in [9.17, 15) is 24.3 Å². The summed E-state index contributed by atoms with van der Waals surface area (Å²) in [6.07, 6.45) is 2.06. The molecule has 1 aromatic rings. The van der Waals surface area contributed by atoms with Crippen LogP contribution in [0, 0.1) is 17.8 Å². The standard InChI is InChI=1S/C22H19BrCl2N2O6/c1-27-19(31)21(24)7-11-9(3-4-10-14(11)18(30)26-17(10)29)15(22(21,25)20(27)32)8-5-12(23)16(28)13(6-8)33-2/h3,5-6,10-11,14-15,28H,4,7H2,1-2H3,(H,26,29,30). The van der Waals surface area contributed by atoms with Gasteiger partial charge >= 0.3 is 0 Å². The van der Waals surface area contributed by atoms with Gasteiger partial charge in [-0.1, -0.05) is 11.6 Å². The van der Waals surface area contributed by atoms with Crippen molar-refractivity contribution in [2.45, 2.75) is 28.5 Å². The van der Waals surface area contributed by atoms with Crippen LogP contribution in [-0.4, -0.2) is 57.5 Å². The highest BCUT2D eigenvalue weighted by atomic mass is 79.9. The smallest absolute Gasteiger partial charge is 0.253 e. The molecule has 2 saturated heterocycles. The Morgan fingerprint density at radius 3 is 2.52 bits per heavy atom. The number of ether oxygens (including phenoxy) is 1. The third-order valence-corrected chi connectivity index (χ3v) is 9.48. The second-order valence-electron chi connectivity index (χ2n) is 8.91. The zero-order valence-corrected chi connectivity index (χ0v) is 20.6. The number of phenolic OH excluding ortho intramolecular Hbond substituents is 1. The Labute approximate surface area is 207 Å². The number of nitrogens with zero attached hydrogens (tertiary/aromatic N) is 1. The van der Waals surface area contributed by atoms with E-state index in [-0.39, 0.29) is 23.8 Å². The topological polar surface area (TPSA) is 113 Å². The van der Waals surface area contributed by atoms with Gasteiger partial charge in [0.2, 0.25) is 11.8 Å². The van der Waals surface area contributed by atoms with Crippen LogP contribution in [0.5, 0.6) is 11.5 Å². The van der Waals surface area contributed by atoms with E-state index in [2.05, 4.69) is 21.2 Å². The first kappa shape index (κ1) is 22.7. The third kappa shape index (κ3) is 2.70. The molecule has 0 bridgehead atoms. The highest BCUT2D eigenvalue weighted by Gasteiger charge is 2.75. The molecule has 11 heteroatoms. The number of alkyl halides is 2. The van der Waals surface area contributed by atoms with E-state index in [1.807, 2.05) is 6.08 Å². The van der Waals surface area contributed by atoms with Crippen LogP contribution in [0.25, 0.3) is 0 Å². The fourth-order valence-electron chi connectivity index (χ4n) is 5.94. The Balaban J connectivity index is 1.78. The number of likely N-dealkylation sites (tertiary alicyclic amines) is 1.